The van der Waals surface area contributed by atoms with Crippen LogP contribution in [0.5, 0.6) is 11.5 Å². The molecule has 0 radical (unpaired) electrons. The Labute approximate surface area is 224 Å². The van der Waals surface area contributed by atoms with E-state index in [1.165, 1.54) is 10.4 Å². The standard InChI is InChI=1S/C30H27N3O2S2/c1-19(2)33-17-16-22-26(18-33)37-30(27(22)29-31-23-13-7-9-15-25(23)36-29)32-28(34)21-12-6-8-14-24(21)35-20-10-4-3-5-11-20/h3-15,19H,16-18H2,1-2H3,(H,32,34). The van der Waals surface area contributed by atoms with E-state index in [1.54, 1.807) is 28.7 Å². The second-order valence-electron chi connectivity index (χ2n) is 9.37. The van der Waals surface area contributed by atoms with E-state index in [-0.39, 0.29) is 5.91 Å². The molecule has 5 aromatic rings. The molecule has 1 aliphatic heterocycles. The van der Waals surface area contributed by atoms with Gasteiger partial charge in [0, 0.05) is 29.6 Å². The molecule has 0 bridgehead atoms. The first-order valence-electron chi connectivity index (χ1n) is 12.4. The highest BCUT2D eigenvalue weighted by atomic mass is 32.1. The van der Waals surface area contributed by atoms with Crippen LogP contribution in [-0.4, -0.2) is 28.4 Å². The Morgan fingerprint density at radius 1 is 0.973 bits per heavy atom. The first kappa shape index (κ1) is 23.9. The summed E-state index contributed by atoms with van der Waals surface area (Å²) in [4.78, 5) is 22.4. The zero-order valence-corrected chi connectivity index (χ0v) is 22.4. The van der Waals surface area contributed by atoms with Crippen LogP contribution in [0.4, 0.5) is 5.00 Å². The first-order chi connectivity index (χ1) is 18.1. The minimum Gasteiger partial charge on any atom is -0.457 e. The quantitative estimate of drug-likeness (QED) is 0.245. The molecule has 1 aliphatic rings. The monoisotopic (exact) mass is 525 g/mol. The van der Waals surface area contributed by atoms with Crippen molar-refractivity contribution in [2.75, 3.05) is 11.9 Å². The van der Waals surface area contributed by atoms with Gasteiger partial charge in [-0.25, -0.2) is 4.98 Å². The molecule has 7 heteroatoms. The molecule has 1 amide bonds. The summed E-state index contributed by atoms with van der Waals surface area (Å²) in [6.07, 6.45) is 0.943. The average molecular weight is 526 g/mol. The van der Waals surface area contributed by atoms with Gasteiger partial charge in [-0.15, -0.1) is 22.7 Å². The number of fused-ring (bicyclic) bond motifs is 2. The van der Waals surface area contributed by atoms with Gasteiger partial charge in [-0.1, -0.05) is 42.5 Å². The Hall–Kier alpha value is -3.52. The van der Waals surface area contributed by atoms with E-state index in [2.05, 4.69) is 30.1 Å². The SMILES string of the molecule is CC(C)N1CCc2c(sc(NC(=O)c3ccccc3Oc3ccccc3)c2-c2nc3ccccc3s2)C1. The van der Waals surface area contributed by atoms with Crippen molar-refractivity contribution in [3.63, 3.8) is 0 Å². The van der Waals surface area contributed by atoms with Crippen LogP contribution in [0.25, 0.3) is 20.8 Å². The van der Waals surface area contributed by atoms with Crippen molar-refractivity contribution < 1.29 is 9.53 Å². The highest BCUT2D eigenvalue weighted by molar-refractivity contribution is 7.23. The van der Waals surface area contributed by atoms with Gasteiger partial charge in [-0.3, -0.25) is 9.69 Å². The summed E-state index contributed by atoms with van der Waals surface area (Å²) in [5.41, 5.74) is 3.86. The van der Waals surface area contributed by atoms with Gasteiger partial charge in [-0.05, 0) is 62.2 Å². The van der Waals surface area contributed by atoms with Crippen LogP contribution in [0.1, 0.15) is 34.6 Å². The van der Waals surface area contributed by atoms with Crippen molar-refractivity contribution in [2.24, 2.45) is 0 Å². The molecule has 186 valence electrons. The molecule has 0 spiro atoms. The average Bonchev–Trinajstić information content (AvgIpc) is 3.49. The summed E-state index contributed by atoms with van der Waals surface area (Å²) in [6.45, 7) is 6.36. The van der Waals surface area contributed by atoms with Gasteiger partial charge in [0.15, 0.2) is 0 Å². The van der Waals surface area contributed by atoms with Crippen LogP contribution in [0.3, 0.4) is 0 Å². The topological polar surface area (TPSA) is 54.5 Å². The van der Waals surface area contributed by atoms with Crippen LogP contribution < -0.4 is 10.1 Å². The number of nitrogens with one attached hydrogen (secondary N) is 1. The van der Waals surface area contributed by atoms with E-state index in [0.717, 1.165) is 45.3 Å². The van der Waals surface area contributed by atoms with Gasteiger partial charge >= 0.3 is 0 Å². The lowest BCUT2D eigenvalue weighted by Gasteiger charge is -2.30. The maximum absolute atomic E-state index is 13.7. The fraction of sp³-hybridized carbons (Fsp3) is 0.200. The summed E-state index contributed by atoms with van der Waals surface area (Å²) in [5, 5.41) is 5.06. The zero-order valence-electron chi connectivity index (χ0n) is 20.7. The number of benzene rings is 3. The highest BCUT2D eigenvalue weighted by Gasteiger charge is 2.29. The minimum absolute atomic E-state index is 0.187. The number of anilines is 1. The molecular weight excluding hydrogens is 498 g/mol. The predicted molar refractivity (Wildman–Crippen MR) is 153 cm³/mol. The fourth-order valence-electron chi connectivity index (χ4n) is 4.69. The number of amides is 1. The molecule has 0 saturated heterocycles. The fourth-order valence-corrected chi connectivity index (χ4v) is 7.07. The molecule has 3 aromatic carbocycles. The normalized spacial score (nSPS) is 13.6. The van der Waals surface area contributed by atoms with E-state index in [0.29, 0.717) is 23.1 Å². The second-order valence-corrected chi connectivity index (χ2v) is 11.5. The Balaban J connectivity index is 1.38. The van der Waals surface area contributed by atoms with Crippen LogP contribution in [-0.2, 0) is 13.0 Å². The Morgan fingerprint density at radius 2 is 1.73 bits per heavy atom. The molecular formula is C30H27N3O2S2. The maximum atomic E-state index is 13.7. The number of thiazole rings is 1. The predicted octanol–water partition coefficient (Wildman–Crippen LogP) is 7.84. The largest absolute Gasteiger partial charge is 0.457 e. The number of rotatable bonds is 6. The number of nitrogens with zero attached hydrogens (tertiary/aromatic N) is 2. The highest BCUT2D eigenvalue weighted by Crippen LogP contribution is 2.46. The molecule has 0 fully saturated rings. The smallest absolute Gasteiger partial charge is 0.260 e. The molecule has 37 heavy (non-hydrogen) atoms. The van der Waals surface area contributed by atoms with Crippen LogP contribution >= 0.6 is 22.7 Å². The third-order valence-corrected chi connectivity index (χ3v) is 8.84. The lowest BCUT2D eigenvalue weighted by Crippen LogP contribution is -2.35. The molecule has 0 unspecified atom stereocenters. The van der Waals surface area contributed by atoms with Crippen molar-refractivity contribution in [1.82, 2.24) is 9.88 Å². The molecule has 0 aliphatic carbocycles. The third kappa shape index (κ3) is 4.78. The van der Waals surface area contributed by atoms with Gasteiger partial charge in [0.25, 0.3) is 5.91 Å². The minimum atomic E-state index is -0.187. The van der Waals surface area contributed by atoms with Crippen LogP contribution in [0.2, 0.25) is 0 Å². The van der Waals surface area contributed by atoms with Gasteiger partial charge in [0.05, 0.1) is 15.8 Å². The summed E-state index contributed by atoms with van der Waals surface area (Å²) >= 11 is 3.36. The Morgan fingerprint density at radius 3 is 2.54 bits per heavy atom. The third-order valence-electron chi connectivity index (χ3n) is 6.65. The lowest BCUT2D eigenvalue weighted by molar-refractivity contribution is 0.102. The molecule has 6 rings (SSSR count). The van der Waals surface area contributed by atoms with Gasteiger partial charge in [-0.2, -0.15) is 0 Å². The van der Waals surface area contributed by atoms with E-state index in [4.69, 9.17) is 9.72 Å². The number of hydrogen-bond acceptors (Lipinski definition) is 6. The number of ether oxygens (including phenoxy) is 1. The number of hydrogen-bond donors (Lipinski definition) is 1. The van der Waals surface area contributed by atoms with Gasteiger partial charge < -0.3 is 10.1 Å². The number of para-hydroxylation sites is 3. The van der Waals surface area contributed by atoms with Crippen molar-refractivity contribution in [3.8, 4) is 22.1 Å². The Bertz CT molecular complexity index is 1540. The summed E-state index contributed by atoms with van der Waals surface area (Å²) in [7, 11) is 0. The Kier molecular flexibility index (Phi) is 6.50. The van der Waals surface area contributed by atoms with Crippen LogP contribution in [0, 0.1) is 0 Å². The first-order valence-corrected chi connectivity index (χ1v) is 14.1. The molecule has 3 heterocycles. The number of carbonyl (C=O) groups excluding carboxylic acids is 1. The molecule has 2 aromatic heterocycles. The number of thiophene rings is 1. The van der Waals surface area contributed by atoms with Gasteiger partial charge in [0.2, 0.25) is 0 Å². The van der Waals surface area contributed by atoms with Gasteiger partial charge in [0.1, 0.15) is 21.5 Å². The lowest BCUT2D eigenvalue weighted by atomic mass is 10.0. The number of aromatic nitrogens is 1. The zero-order chi connectivity index (χ0) is 25.4. The summed E-state index contributed by atoms with van der Waals surface area (Å²) in [5.74, 6) is 1.03. The van der Waals surface area contributed by atoms with Crippen molar-refractivity contribution in [2.45, 2.75) is 32.9 Å². The summed E-state index contributed by atoms with van der Waals surface area (Å²) < 4.78 is 7.22. The van der Waals surface area contributed by atoms with E-state index >= 15 is 0 Å². The van der Waals surface area contributed by atoms with E-state index < -0.39 is 0 Å². The van der Waals surface area contributed by atoms with Crippen molar-refractivity contribution in [1.29, 1.82) is 0 Å². The van der Waals surface area contributed by atoms with Crippen LogP contribution in [0.15, 0.2) is 78.9 Å². The molecule has 5 nitrogen and oxygen atoms in total. The maximum Gasteiger partial charge on any atom is 0.260 e. The molecule has 0 atom stereocenters. The molecule has 1 N–H and O–H groups in total. The second kappa shape index (κ2) is 10.1. The van der Waals surface area contributed by atoms with Crippen molar-refractivity contribution >= 4 is 43.8 Å². The van der Waals surface area contributed by atoms with E-state index in [1.807, 2.05) is 66.7 Å². The van der Waals surface area contributed by atoms with Crippen molar-refractivity contribution in [3.05, 3.63) is 94.9 Å². The number of carbonyl (C=O) groups is 1. The summed E-state index contributed by atoms with van der Waals surface area (Å²) in [6, 6.07) is 25.6. The molecule has 0 saturated carbocycles. The van der Waals surface area contributed by atoms with E-state index in [9.17, 15) is 4.79 Å².